The maximum Gasteiger partial charge on any atom is 0.300 e. The molecular formula is C24H22FN3O2. The summed E-state index contributed by atoms with van der Waals surface area (Å²) in [5.74, 6) is -1.70. The van der Waals surface area contributed by atoms with Crippen molar-refractivity contribution in [2.45, 2.75) is 6.54 Å². The molecule has 2 heterocycles. The molecule has 0 N–H and O–H groups in total. The van der Waals surface area contributed by atoms with Crippen molar-refractivity contribution < 1.29 is 14.0 Å². The average molecular weight is 403 g/mol. The van der Waals surface area contributed by atoms with Crippen LogP contribution in [0.1, 0.15) is 15.9 Å². The van der Waals surface area contributed by atoms with Crippen LogP contribution in [0.15, 0.2) is 60.7 Å². The summed E-state index contributed by atoms with van der Waals surface area (Å²) in [6.45, 7) is 4.62. The Morgan fingerprint density at radius 2 is 1.57 bits per heavy atom. The summed E-state index contributed by atoms with van der Waals surface area (Å²) in [6, 6.07) is 18.8. The number of benzene rings is 3. The van der Waals surface area contributed by atoms with E-state index in [-0.39, 0.29) is 5.56 Å². The molecular weight excluding hydrogens is 381 g/mol. The molecule has 3 aromatic rings. The first-order chi connectivity index (χ1) is 14.6. The minimum Gasteiger partial charge on any atom is -0.297 e. The number of nitrogens with zero attached hydrogens (tertiary/aromatic N) is 3. The molecule has 152 valence electrons. The van der Waals surface area contributed by atoms with Gasteiger partial charge in [-0.05, 0) is 34.5 Å². The molecule has 3 aromatic carbocycles. The van der Waals surface area contributed by atoms with Crippen LogP contribution in [0.4, 0.5) is 10.1 Å². The first kappa shape index (κ1) is 18.9. The van der Waals surface area contributed by atoms with Crippen molar-refractivity contribution in [3.8, 4) is 0 Å². The van der Waals surface area contributed by atoms with Gasteiger partial charge in [0.1, 0.15) is 5.82 Å². The van der Waals surface area contributed by atoms with Crippen molar-refractivity contribution in [1.82, 2.24) is 9.80 Å². The summed E-state index contributed by atoms with van der Waals surface area (Å²) in [5.41, 5.74) is 1.98. The molecule has 5 nitrogen and oxygen atoms in total. The van der Waals surface area contributed by atoms with Gasteiger partial charge in [0.2, 0.25) is 0 Å². The highest BCUT2D eigenvalue weighted by Crippen LogP contribution is 2.30. The molecule has 1 fully saturated rings. The van der Waals surface area contributed by atoms with Crippen LogP contribution >= 0.6 is 0 Å². The quantitative estimate of drug-likeness (QED) is 0.627. The Balaban J connectivity index is 1.24. The Hall–Kier alpha value is -3.09. The maximum absolute atomic E-state index is 13.5. The molecule has 0 radical (unpaired) electrons. The van der Waals surface area contributed by atoms with Gasteiger partial charge in [0.15, 0.2) is 0 Å². The SMILES string of the molecule is O=C1C(=O)N(CN2CCN(Cc3cccc4ccccc34)CC2)c2ccc(F)cc21. The van der Waals surface area contributed by atoms with E-state index in [2.05, 4.69) is 52.3 Å². The average Bonchev–Trinajstić information content (AvgIpc) is 3.00. The third-order valence-electron chi connectivity index (χ3n) is 6.01. The van der Waals surface area contributed by atoms with Crippen LogP contribution < -0.4 is 4.90 Å². The predicted octanol–water partition coefficient (Wildman–Crippen LogP) is 3.28. The number of ketones is 1. The number of Topliss-reactive ketones (excluding diaryl/α,β-unsaturated/α-hetero) is 1. The third-order valence-corrected chi connectivity index (χ3v) is 6.01. The van der Waals surface area contributed by atoms with Crippen molar-refractivity contribution in [2.24, 2.45) is 0 Å². The van der Waals surface area contributed by atoms with Gasteiger partial charge in [0, 0.05) is 32.7 Å². The highest BCUT2D eigenvalue weighted by Gasteiger charge is 2.37. The van der Waals surface area contributed by atoms with Crippen LogP contribution in [0.25, 0.3) is 10.8 Å². The summed E-state index contributed by atoms with van der Waals surface area (Å²) in [4.78, 5) is 30.6. The molecule has 0 unspecified atom stereocenters. The Morgan fingerprint density at radius 1 is 0.833 bits per heavy atom. The normalized spacial score (nSPS) is 17.7. The summed E-state index contributed by atoms with van der Waals surface area (Å²) in [6.07, 6.45) is 0. The number of hydrogen-bond acceptors (Lipinski definition) is 4. The number of carbonyl (C=O) groups is 2. The molecule has 1 saturated heterocycles. The fraction of sp³-hybridized carbons (Fsp3) is 0.250. The van der Waals surface area contributed by atoms with Gasteiger partial charge in [-0.15, -0.1) is 0 Å². The van der Waals surface area contributed by atoms with Gasteiger partial charge in [-0.2, -0.15) is 0 Å². The van der Waals surface area contributed by atoms with Gasteiger partial charge >= 0.3 is 5.91 Å². The number of halogens is 1. The minimum atomic E-state index is -0.626. The van der Waals surface area contributed by atoms with E-state index in [1.165, 1.54) is 33.4 Å². The molecule has 2 aliphatic rings. The van der Waals surface area contributed by atoms with E-state index in [1.807, 2.05) is 0 Å². The number of hydrogen-bond donors (Lipinski definition) is 0. The van der Waals surface area contributed by atoms with Crippen molar-refractivity contribution in [3.63, 3.8) is 0 Å². The van der Waals surface area contributed by atoms with E-state index in [9.17, 15) is 14.0 Å². The lowest BCUT2D eigenvalue weighted by Crippen LogP contribution is -2.50. The predicted molar refractivity (Wildman–Crippen MR) is 114 cm³/mol. The Labute approximate surface area is 174 Å². The van der Waals surface area contributed by atoms with E-state index in [0.717, 1.165) is 38.8 Å². The molecule has 0 aromatic heterocycles. The summed E-state index contributed by atoms with van der Waals surface area (Å²) >= 11 is 0. The smallest absolute Gasteiger partial charge is 0.297 e. The van der Waals surface area contributed by atoms with Crippen LogP contribution in [-0.2, 0) is 11.3 Å². The minimum absolute atomic E-state index is 0.162. The second-order valence-electron chi connectivity index (χ2n) is 7.90. The molecule has 0 aliphatic carbocycles. The van der Waals surface area contributed by atoms with Crippen LogP contribution in [-0.4, -0.2) is 54.3 Å². The van der Waals surface area contributed by atoms with Crippen molar-refractivity contribution >= 4 is 28.2 Å². The zero-order chi connectivity index (χ0) is 20.7. The Morgan fingerprint density at radius 3 is 2.40 bits per heavy atom. The van der Waals surface area contributed by atoms with Gasteiger partial charge in [-0.3, -0.25) is 24.3 Å². The largest absolute Gasteiger partial charge is 0.300 e. The van der Waals surface area contributed by atoms with E-state index < -0.39 is 17.5 Å². The molecule has 30 heavy (non-hydrogen) atoms. The highest BCUT2D eigenvalue weighted by atomic mass is 19.1. The van der Waals surface area contributed by atoms with E-state index in [4.69, 9.17) is 0 Å². The van der Waals surface area contributed by atoms with Gasteiger partial charge in [-0.25, -0.2) is 4.39 Å². The van der Waals surface area contributed by atoms with Gasteiger partial charge in [0.25, 0.3) is 5.78 Å². The van der Waals surface area contributed by atoms with Gasteiger partial charge in [0.05, 0.1) is 17.9 Å². The number of amides is 1. The van der Waals surface area contributed by atoms with Crippen molar-refractivity contribution in [2.75, 3.05) is 37.7 Å². The third kappa shape index (κ3) is 3.38. The van der Waals surface area contributed by atoms with Gasteiger partial charge < -0.3 is 0 Å². The molecule has 0 bridgehead atoms. The lowest BCUT2D eigenvalue weighted by Gasteiger charge is -2.36. The van der Waals surface area contributed by atoms with Crippen molar-refractivity contribution in [1.29, 1.82) is 0 Å². The van der Waals surface area contributed by atoms with Crippen LogP contribution in [0, 0.1) is 5.82 Å². The summed E-state index contributed by atoms with van der Waals surface area (Å²) < 4.78 is 13.5. The Kier molecular flexibility index (Phi) is 4.81. The number of piperazine rings is 1. The summed E-state index contributed by atoms with van der Waals surface area (Å²) in [7, 11) is 0. The molecule has 2 aliphatic heterocycles. The second kappa shape index (κ2) is 7.63. The number of fused-ring (bicyclic) bond motifs is 2. The van der Waals surface area contributed by atoms with E-state index in [1.54, 1.807) is 0 Å². The van der Waals surface area contributed by atoms with E-state index >= 15 is 0 Å². The van der Waals surface area contributed by atoms with Crippen molar-refractivity contribution in [3.05, 3.63) is 77.6 Å². The summed E-state index contributed by atoms with van der Waals surface area (Å²) in [5, 5.41) is 2.54. The lowest BCUT2D eigenvalue weighted by molar-refractivity contribution is -0.114. The lowest BCUT2D eigenvalue weighted by atomic mass is 10.0. The van der Waals surface area contributed by atoms with Gasteiger partial charge in [-0.1, -0.05) is 42.5 Å². The first-order valence-electron chi connectivity index (χ1n) is 10.2. The zero-order valence-electron chi connectivity index (χ0n) is 16.6. The number of rotatable bonds is 4. The fourth-order valence-corrected chi connectivity index (χ4v) is 4.37. The molecule has 0 atom stereocenters. The molecule has 0 saturated carbocycles. The van der Waals surface area contributed by atoms with Crippen LogP contribution in [0.5, 0.6) is 0 Å². The fourth-order valence-electron chi connectivity index (χ4n) is 4.37. The molecule has 1 amide bonds. The Bertz CT molecular complexity index is 1130. The van der Waals surface area contributed by atoms with Crippen LogP contribution in [0.3, 0.4) is 0 Å². The standard InChI is InChI=1S/C24H22FN3O2/c25-19-8-9-22-21(14-19)23(29)24(30)28(22)16-27-12-10-26(11-13-27)15-18-6-3-5-17-4-1-2-7-20(17)18/h1-9,14H,10-13,15-16H2. The second-order valence-corrected chi connectivity index (χ2v) is 7.90. The highest BCUT2D eigenvalue weighted by molar-refractivity contribution is 6.52. The number of anilines is 1. The van der Waals surface area contributed by atoms with E-state index in [0.29, 0.717) is 12.4 Å². The molecule has 5 rings (SSSR count). The topological polar surface area (TPSA) is 43.9 Å². The first-order valence-corrected chi connectivity index (χ1v) is 10.2. The molecule has 0 spiro atoms. The zero-order valence-corrected chi connectivity index (χ0v) is 16.6. The van der Waals surface area contributed by atoms with Crippen LogP contribution in [0.2, 0.25) is 0 Å². The molecule has 6 heteroatoms. The maximum atomic E-state index is 13.5. The monoisotopic (exact) mass is 403 g/mol. The number of carbonyl (C=O) groups excluding carboxylic acids is 2.